The number of H-pyrrole nitrogens is 1. The van der Waals surface area contributed by atoms with Gasteiger partial charge in [-0.1, -0.05) is 6.07 Å². The van der Waals surface area contributed by atoms with Crippen molar-refractivity contribution in [3.8, 4) is 0 Å². The molecule has 0 radical (unpaired) electrons. The first-order valence-corrected chi connectivity index (χ1v) is 6.88. The van der Waals surface area contributed by atoms with E-state index in [0.717, 1.165) is 0 Å². The van der Waals surface area contributed by atoms with Crippen molar-refractivity contribution in [3.63, 3.8) is 0 Å². The van der Waals surface area contributed by atoms with E-state index >= 15 is 0 Å². The number of carbonyl (C=O) groups is 1. The van der Waals surface area contributed by atoms with Crippen LogP contribution in [0.1, 0.15) is 29.9 Å². The van der Waals surface area contributed by atoms with Crippen molar-refractivity contribution < 1.29 is 9.53 Å². The van der Waals surface area contributed by atoms with Crippen LogP contribution in [-0.2, 0) is 4.74 Å². The summed E-state index contributed by atoms with van der Waals surface area (Å²) in [4.78, 5) is 16.0. The standard InChI is InChI=1S/C14H16N4O2S/c1-8(2)20-13(19)10-5-4-6-11(7-10)15-12-9(3)17-18-14(21)16-12/h4-8H,1-3H3,(H2,15,16,18,21). The number of carbonyl (C=O) groups excluding carboxylic acids is 1. The average molecular weight is 304 g/mol. The van der Waals surface area contributed by atoms with Gasteiger partial charge in [-0.3, -0.25) is 5.10 Å². The van der Waals surface area contributed by atoms with Crippen LogP contribution in [-0.4, -0.2) is 27.3 Å². The highest BCUT2D eigenvalue weighted by molar-refractivity contribution is 7.71. The highest BCUT2D eigenvalue weighted by atomic mass is 32.1. The third-order valence-corrected chi connectivity index (χ3v) is 2.76. The number of anilines is 2. The number of esters is 1. The summed E-state index contributed by atoms with van der Waals surface area (Å²) >= 11 is 4.95. The van der Waals surface area contributed by atoms with Gasteiger partial charge in [-0.25, -0.2) is 4.79 Å². The molecular weight excluding hydrogens is 288 g/mol. The third kappa shape index (κ3) is 4.09. The Bertz CT molecular complexity index is 712. The van der Waals surface area contributed by atoms with E-state index in [4.69, 9.17) is 17.0 Å². The van der Waals surface area contributed by atoms with Crippen LogP contribution in [0.3, 0.4) is 0 Å². The van der Waals surface area contributed by atoms with Gasteiger partial charge in [0.15, 0.2) is 5.82 Å². The van der Waals surface area contributed by atoms with Crippen molar-refractivity contribution >= 4 is 29.7 Å². The molecule has 0 saturated heterocycles. The zero-order valence-corrected chi connectivity index (χ0v) is 12.8. The second-order valence-corrected chi connectivity index (χ2v) is 5.12. The third-order valence-electron chi connectivity index (χ3n) is 2.58. The smallest absolute Gasteiger partial charge is 0.338 e. The maximum Gasteiger partial charge on any atom is 0.338 e. The lowest BCUT2D eigenvalue weighted by atomic mass is 10.2. The van der Waals surface area contributed by atoms with Crippen molar-refractivity contribution in [3.05, 3.63) is 40.3 Å². The fourth-order valence-corrected chi connectivity index (χ4v) is 1.79. The molecule has 0 aliphatic carbocycles. The van der Waals surface area contributed by atoms with E-state index < -0.39 is 0 Å². The first-order chi connectivity index (χ1) is 9.95. The van der Waals surface area contributed by atoms with Crippen LogP contribution < -0.4 is 5.32 Å². The minimum atomic E-state index is -0.359. The first-order valence-electron chi connectivity index (χ1n) is 6.47. The maximum absolute atomic E-state index is 11.9. The summed E-state index contributed by atoms with van der Waals surface area (Å²) in [5.74, 6) is 0.190. The summed E-state index contributed by atoms with van der Waals surface area (Å²) in [6.45, 7) is 5.42. The molecule has 110 valence electrons. The molecule has 7 heteroatoms. The lowest BCUT2D eigenvalue weighted by Crippen LogP contribution is -2.11. The van der Waals surface area contributed by atoms with Crippen LogP contribution in [0.25, 0.3) is 0 Å². The van der Waals surface area contributed by atoms with Gasteiger partial charge in [0.05, 0.1) is 11.7 Å². The van der Waals surface area contributed by atoms with E-state index in [1.54, 1.807) is 25.1 Å². The molecule has 1 aromatic heterocycles. The Morgan fingerprint density at radius 3 is 2.90 bits per heavy atom. The Hall–Kier alpha value is -2.28. The highest BCUT2D eigenvalue weighted by Crippen LogP contribution is 2.18. The van der Waals surface area contributed by atoms with Gasteiger partial charge in [-0.2, -0.15) is 10.1 Å². The molecule has 0 atom stereocenters. The van der Waals surface area contributed by atoms with Gasteiger partial charge in [0.1, 0.15) is 5.69 Å². The zero-order valence-electron chi connectivity index (χ0n) is 12.0. The summed E-state index contributed by atoms with van der Waals surface area (Å²) in [6.07, 6.45) is -0.158. The zero-order chi connectivity index (χ0) is 15.4. The van der Waals surface area contributed by atoms with E-state index in [-0.39, 0.29) is 12.1 Å². The molecule has 2 aromatic rings. The fraction of sp³-hybridized carbons (Fsp3) is 0.286. The van der Waals surface area contributed by atoms with Gasteiger partial charge in [0, 0.05) is 5.69 Å². The van der Waals surface area contributed by atoms with Crippen LogP contribution in [0.15, 0.2) is 24.3 Å². The van der Waals surface area contributed by atoms with E-state index in [0.29, 0.717) is 27.5 Å². The number of benzene rings is 1. The Kier molecular flexibility index (Phi) is 4.64. The van der Waals surface area contributed by atoms with E-state index in [1.165, 1.54) is 0 Å². The topological polar surface area (TPSA) is 79.9 Å². The van der Waals surface area contributed by atoms with E-state index in [1.807, 2.05) is 19.9 Å². The summed E-state index contributed by atoms with van der Waals surface area (Å²) in [5, 5.41) is 9.74. The normalized spacial score (nSPS) is 10.5. The molecule has 0 aliphatic rings. The van der Waals surface area contributed by atoms with E-state index in [9.17, 15) is 4.79 Å². The van der Waals surface area contributed by atoms with Crippen LogP contribution >= 0.6 is 12.2 Å². The number of nitrogens with one attached hydrogen (secondary N) is 2. The van der Waals surface area contributed by atoms with Crippen molar-refractivity contribution in [2.75, 3.05) is 5.32 Å². The molecule has 1 aromatic carbocycles. The molecule has 2 N–H and O–H groups in total. The summed E-state index contributed by atoms with van der Waals surface area (Å²) in [7, 11) is 0. The molecular formula is C14H16N4O2S. The van der Waals surface area contributed by atoms with Crippen LogP contribution in [0, 0.1) is 11.7 Å². The Labute approximate surface area is 127 Å². The molecule has 0 spiro atoms. The number of aryl methyl sites for hydroxylation is 1. The molecule has 0 bridgehead atoms. The number of nitrogens with zero attached hydrogens (tertiary/aromatic N) is 2. The van der Waals surface area contributed by atoms with Gasteiger partial charge < -0.3 is 10.1 Å². The van der Waals surface area contributed by atoms with Crippen molar-refractivity contribution in [2.45, 2.75) is 26.9 Å². The van der Waals surface area contributed by atoms with Crippen molar-refractivity contribution in [2.24, 2.45) is 0 Å². The van der Waals surface area contributed by atoms with Gasteiger partial charge in [0.2, 0.25) is 4.77 Å². The molecule has 0 saturated carbocycles. The Morgan fingerprint density at radius 2 is 2.19 bits per heavy atom. The van der Waals surface area contributed by atoms with Crippen molar-refractivity contribution in [1.82, 2.24) is 15.2 Å². The summed E-state index contributed by atoms with van der Waals surface area (Å²) < 4.78 is 5.46. The molecule has 0 amide bonds. The molecule has 1 heterocycles. The monoisotopic (exact) mass is 304 g/mol. The SMILES string of the molecule is Cc1n[nH]c(=S)nc1Nc1cccc(C(=O)OC(C)C)c1. The number of aromatic amines is 1. The number of aromatic nitrogens is 3. The molecule has 21 heavy (non-hydrogen) atoms. The Balaban J connectivity index is 2.23. The van der Waals surface area contributed by atoms with Crippen molar-refractivity contribution in [1.29, 1.82) is 0 Å². The predicted molar refractivity (Wildman–Crippen MR) is 82.2 cm³/mol. The fourth-order valence-electron chi connectivity index (χ4n) is 1.65. The summed E-state index contributed by atoms with van der Waals surface area (Å²) in [6, 6.07) is 7.00. The summed E-state index contributed by atoms with van der Waals surface area (Å²) in [5.41, 5.74) is 1.87. The largest absolute Gasteiger partial charge is 0.459 e. The van der Waals surface area contributed by atoms with Gasteiger partial charge in [-0.15, -0.1) is 0 Å². The quantitative estimate of drug-likeness (QED) is 0.667. The van der Waals surface area contributed by atoms with E-state index in [2.05, 4.69) is 20.5 Å². The first kappa shape index (κ1) is 15.1. The molecule has 6 nitrogen and oxygen atoms in total. The molecule has 2 rings (SSSR count). The van der Waals surface area contributed by atoms with Crippen LogP contribution in [0.5, 0.6) is 0 Å². The molecule has 0 fully saturated rings. The van der Waals surface area contributed by atoms with Crippen LogP contribution in [0.2, 0.25) is 0 Å². The number of rotatable bonds is 4. The van der Waals surface area contributed by atoms with Gasteiger partial charge >= 0.3 is 5.97 Å². The lowest BCUT2D eigenvalue weighted by Gasteiger charge is -2.10. The average Bonchev–Trinajstić information content (AvgIpc) is 2.42. The number of hydrogen-bond acceptors (Lipinski definition) is 6. The predicted octanol–water partition coefficient (Wildman–Crippen LogP) is 3.15. The second kappa shape index (κ2) is 6.45. The van der Waals surface area contributed by atoms with Crippen LogP contribution in [0.4, 0.5) is 11.5 Å². The lowest BCUT2D eigenvalue weighted by molar-refractivity contribution is 0.0378. The highest BCUT2D eigenvalue weighted by Gasteiger charge is 2.10. The maximum atomic E-state index is 11.9. The number of ether oxygens (including phenoxy) is 1. The molecule has 0 aliphatic heterocycles. The molecule has 0 unspecified atom stereocenters. The Morgan fingerprint density at radius 1 is 1.43 bits per heavy atom. The minimum absolute atomic E-state index is 0.158. The van der Waals surface area contributed by atoms with Gasteiger partial charge in [-0.05, 0) is 51.2 Å². The van der Waals surface area contributed by atoms with Gasteiger partial charge in [0.25, 0.3) is 0 Å². The second-order valence-electron chi connectivity index (χ2n) is 4.73. The minimum Gasteiger partial charge on any atom is -0.459 e. The number of hydrogen-bond donors (Lipinski definition) is 2.